The molecule has 126 valence electrons. The van der Waals surface area contributed by atoms with Gasteiger partial charge in [-0.05, 0) is 42.5 Å². The van der Waals surface area contributed by atoms with Crippen LogP contribution in [0.1, 0.15) is 36.8 Å². The van der Waals surface area contributed by atoms with E-state index in [2.05, 4.69) is 29.6 Å². The monoisotopic (exact) mass is 323 g/mol. The highest BCUT2D eigenvalue weighted by Crippen LogP contribution is 2.43. The predicted molar refractivity (Wildman–Crippen MR) is 96.3 cm³/mol. The lowest BCUT2D eigenvalue weighted by atomic mass is 9.64. The van der Waals surface area contributed by atoms with E-state index in [1.54, 1.807) is 7.11 Å². The zero-order valence-corrected chi connectivity index (χ0v) is 14.3. The number of nitrogens with one attached hydrogen (secondary N) is 1. The van der Waals surface area contributed by atoms with Crippen LogP contribution in [0.5, 0.6) is 5.75 Å². The maximum atomic E-state index is 12.2. The van der Waals surface area contributed by atoms with Crippen molar-refractivity contribution in [1.82, 2.24) is 5.32 Å². The van der Waals surface area contributed by atoms with Gasteiger partial charge in [0.05, 0.1) is 7.11 Å². The Morgan fingerprint density at radius 1 is 1.08 bits per heavy atom. The number of aryl methyl sites for hydroxylation is 1. The van der Waals surface area contributed by atoms with E-state index in [1.165, 1.54) is 12.0 Å². The number of ether oxygens (including phenoxy) is 1. The molecule has 1 saturated carbocycles. The first-order valence-electron chi connectivity index (χ1n) is 8.67. The Kier molecular flexibility index (Phi) is 5.19. The molecule has 0 aliphatic heterocycles. The number of rotatable bonds is 7. The maximum Gasteiger partial charge on any atom is 0.220 e. The number of hydrogen-bond acceptors (Lipinski definition) is 2. The Labute approximate surface area is 144 Å². The summed E-state index contributed by atoms with van der Waals surface area (Å²) in [6.07, 6.45) is 4.85. The molecule has 1 N–H and O–H groups in total. The highest BCUT2D eigenvalue weighted by molar-refractivity contribution is 5.76. The fourth-order valence-electron chi connectivity index (χ4n) is 3.37. The molecular weight excluding hydrogens is 298 g/mol. The number of carbonyl (C=O) groups excluding carboxylic acids is 1. The van der Waals surface area contributed by atoms with Gasteiger partial charge in [0.2, 0.25) is 5.91 Å². The Balaban J connectivity index is 1.50. The summed E-state index contributed by atoms with van der Waals surface area (Å²) in [6.45, 7) is 0.748. The minimum Gasteiger partial charge on any atom is -0.497 e. The van der Waals surface area contributed by atoms with Crippen molar-refractivity contribution >= 4 is 5.91 Å². The minimum absolute atomic E-state index is 0.132. The third-order valence-corrected chi connectivity index (χ3v) is 5.12. The minimum atomic E-state index is 0.132. The molecule has 1 fully saturated rings. The van der Waals surface area contributed by atoms with Gasteiger partial charge in [-0.2, -0.15) is 0 Å². The van der Waals surface area contributed by atoms with Crippen LogP contribution >= 0.6 is 0 Å². The molecule has 0 saturated heterocycles. The summed E-state index contributed by atoms with van der Waals surface area (Å²) in [4.78, 5) is 12.2. The van der Waals surface area contributed by atoms with E-state index in [4.69, 9.17) is 4.74 Å². The zero-order chi connectivity index (χ0) is 16.8. The van der Waals surface area contributed by atoms with Crippen LogP contribution in [-0.2, 0) is 16.6 Å². The molecule has 1 aliphatic rings. The van der Waals surface area contributed by atoms with Gasteiger partial charge in [-0.3, -0.25) is 4.79 Å². The van der Waals surface area contributed by atoms with Crippen LogP contribution in [0.15, 0.2) is 54.6 Å². The fraction of sp³-hybridized carbons (Fsp3) is 0.381. The smallest absolute Gasteiger partial charge is 0.220 e. The van der Waals surface area contributed by atoms with Gasteiger partial charge in [0.25, 0.3) is 0 Å². The number of amides is 1. The zero-order valence-electron chi connectivity index (χ0n) is 14.3. The van der Waals surface area contributed by atoms with Gasteiger partial charge in [0, 0.05) is 18.4 Å². The van der Waals surface area contributed by atoms with Crippen LogP contribution in [0.2, 0.25) is 0 Å². The van der Waals surface area contributed by atoms with Crippen molar-refractivity contribution in [2.45, 2.75) is 37.5 Å². The molecule has 1 aliphatic carbocycles. The first-order chi connectivity index (χ1) is 11.7. The second-order valence-corrected chi connectivity index (χ2v) is 6.62. The molecule has 0 aromatic heterocycles. The molecular formula is C21H25NO2. The molecule has 24 heavy (non-hydrogen) atoms. The van der Waals surface area contributed by atoms with Crippen LogP contribution in [0, 0.1) is 0 Å². The lowest BCUT2D eigenvalue weighted by Gasteiger charge is -2.42. The largest absolute Gasteiger partial charge is 0.497 e. The summed E-state index contributed by atoms with van der Waals surface area (Å²) in [5.41, 5.74) is 2.66. The SMILES string of the molecule is COc1ccc(CCC(=O)NCC2(c3ccccc3)CCC2)cc1. The lowest BCUT2D eigenvalue weighted by molar-refractivity contribution is -0.121. The molecule has 0 heterocycles. The summed E-state index contributed by atoms with van der Waals surface area (Å²) in [6, 6.07) is 18.5. The molecule has 0 atom stereocenters. The van der Waals surface area contributed by atoms with Crippen molar-refractivity contribution in [1.29, 1.82) is 0 Å². The van der Waals surface area contributed by atoms with Gasteiger partial charge in [0.1, 0.15) is 5.75 Å². The molecule has 0 spiro atoms. The molecule has 0 unspecified atom stereocenters. The Hall–Kier alpha value is -2.29. The van der Waals surface area contributed by atoms with E-state index >= 15 is 0 Å². The highest BCUT2D eigenvalue weighted by Gasteiger charge is 2.38. The van der Waals surface area contributed by atoms with Crippen LogP contribution < -0.4 is 10.1 Å². The van der Waals surface area contributed by atoms with E-state index in [-0.39, 0.29) is 11.3 Å². The lowest BCUT2D eigenvalue weighted by Crippen LogP contribution is -2.45. The number of methoxy groups -OCH3 is 1. The topological polar surface area (TPSA) is 38.3 Å². The van der Waals surface area contributed by atoms with Gasteiger partial charge in [0.15, 0.2) is 0 Å². The van der Waals surface area contributed by atoms with Gasteiger partial charge < -0.3 is 10.1 Å². The average Bonchev–Trinajstić information content (AvgIpc) is 2.60. The van der Waals surface area contributed by atoms with Crippen molar-refractivity contribution in [3.8, 4) is 5.75 Å². The maximum absolute atomic E-state index is 12.2. The highest BCUT2D eigenvalue weighted by atomic mass is 16.5. The first kappa shape index (κ1) is 16.6. The normalized spacial score (nSPS) is 15.4. The molecule has 2 aromatic carbocycles. The fourth-order valence-corrected chi connectivity index (χ4v) is 3.37. The molecule has 3 rings (SSSR count). The summed E-state index contributed by atoms with van der Waals surface area (Å²) in [5.74, 6) is 0.978. The van der Waals surface area contributed by atoms with E-state index in [9.17, 15) is 4.79 Å². The van der Waals surface area contributed by atoms with Crippen molar-refractivity contribution in [3.63, 3.8) is 0 Å². The molecule has 3 nitrogen and oxygen atoms in total. The van der Waals surface area contributed by atoms with Crippen LogP contribution in [0.4, 0.5) is 0 Å². The number of benzene rings is 2. The predicted octanol–water partition coefficient (Wildman–Crippen LogP) is 3.87. The van der Waals surface area contributed by atoms with Crippen LogP contribution in [-0.4, -0.2) is 19.6 Å². The van der Waals surface area contributed by atoms with E-state index in [0.29, 0.717) is 6.42 Å². The van der Waals surface area contributed by atoms with E-state index in [1.807, 2.05) is 30.3 Å². The van der Waals surface area contributed by atoms with Crippen LogP contribution in [0.25, 0.3) is 0 Å². The Morgan fingerprint density at radius 3 is 2.38 bits per heavy atom. The van der Waals surface area contributed by atoms with Crippen molar-refractivity contribution < 1.29 is 9.53 Å². The number of carbonyl (C=O) groups is 1. The van der Waals surface area contributed by atoms with E-state index in [0.717, 1.165) is 37.1 Å². The quantitative estimate of drug-likeness (QED) is 0.840. The van der Waals surface area contributed by atoms with Gasteiger partial charge in [-0.15, -0.1) is 0 Å². The van der Waals surface area contributed by atoms with Crippen LogP contribution in [0.3, 0.4) is 0 Å². The van der Waals surface area contributed by atoms with E-state index < -0.39 is 0 Å². The molecule has 1 amide bonds. The third-order valence-electron chi connectivity index (χ3n) is 5.12. The van der Waals surface area contributed by atoms with Gasteiger partial charge >= 0.3 is 0 Å². The third kappa shape index (κ3) is 3.78. The van der Waals surface area contributed by atoms with Crippen molar-refractivity contribution in [3.05, 3.63) is 65.7 Å². The molecule has 3 heteroatoms. The number of hydrogen-bond donors (Lipinski definition) is 1. The molecule has 2 aromatic rings. The summed E-state index contributed by atoms with van der Waals surface area (Å²) < 4.78 is 5.15. The Bertz CT molecular complexity index is 660. The van der Waals surface area contributed by atoms with Gasteiger partial charge in [-0.1, -0.05) is 48.9 Å². The first-order valence-corrected chi connectivity index (χ1v) is 8.67. The second-order valence-electron chi connectivity index (χ2n) is 6.62. The summed E-state index contributed by atoms with van der Waals surface area (Å²) in [7, 11) is 1.66. The molecule has 0 bridgehead atoms. The van der Waals surface area contributed by atoms with Gasteiger partial charge in [-0.25, -0.2) is 0 Å². The summed E-state index contributed by atoms with van der Waals surface area (Å²) in [5, 5.41) is 3.15. The standard InChI is InChI=1S/C21H25NO2/c1-24-19-11-8-17(9-12-19)10-13-20(23)22-16-21(14-5-15-21)18-6-3-2-4-7-18/h2-4,6-9,11-12H,5,10,13-16H2,1H3,(H,22,23). The molecule has 0 radical (unpaired) electrons. The average molecular weight is 323 g/mol. The Morgan fingerprint density at radius 2 is 1.79 bits per heavy atom. The van der Waals surface area contributed by atoms with Crippen molar-refractivity contribution in [2.75, 3.05) is 13.7 Å². The second kappa shape index (κ2) is 7.52. The van der Waals surface area contributed by atoms with Crippen molar-refractivity contribution in [2.24, 2.45) is 0 Å². The summed E-state index contributed by atoms with van der Waals surface area (Å²) >= 11 is 0.